The maximum atomic E-state index is 9.77. The first-order valence-electron chi connectivity index (χ1n) is 6.51. The minimum atomic E-state index is -0.325. The molecule has 0 unspecified atom stereocenters. The first-order chi connectivity index (χ1) is 9.63. The smallest absolute Gasteiger partial charge is 0.120 e. The molecule has 1 aliphatic rings. The zero-order chi connectivity index (χ0) is 14.1. The fourth-order valence-corrected chi connectivity index (χ4v) is 2.78. The highest BCUT2D eigenvalue weighted by molar-refractivity contribution is 6.42. The Morgan fingerprint density at radius 2 is 1.95 bits per heavy atom. The quantitative estimate of drug-likeness (QED) is 0.901. The van der Waals surface area contributed by atoms with Gasteiger partial charge in [-0.15, -0.1) is 0 Å². The second-order valence-corrected chi connectivity index (χ2v) is 5.77. The van der Waals surface area contributed by atoms with E-state index in [0.29, 0.717) is 16.7 Å². The van der Waals surface area contributed by atoms with Gasteiger partial charge in [0.25, 0.3) is 0 Å². The molecule has 104 valence electrons. The Bertz CT molecular complexity index is 640. The van der Waals surface area contributed by atoms with Gasteiger partial charge in [0.2, 0.25) is 0 Å². The molecule has 0 fully saturated rings. The highest BCUT2D eigenvalue weighted by Crippen LogP contribution is 2.33. The summed E-state index contributed by atoms with van der Waals surface area (Å²) >= 11 is 11.9. The van der Waals surface area contributed by atoms with Crippen molar-refractivity contribution in [1.82, 2.24) is 0 Å². The Balaban J connectivity index is 1.71. The number of aliphatic hydroxyl groups excluding tert-OH is 1. The average Bonchev–Trinajstić information content (AvgIpc) is 2.81. The van der Waals surface area contributed by atoms with Crippen LogP contribution in [-0.2, 0) is 13.0 Å². The number of hydrogen-bond donors (Lipinski definition) is 1. The topological polar surface area (TPSA) is 29.5 Å². The van der Waals surface area contributed by atoms with E-state index in [-0.39, 0.29) is 6.10 Å². The number of aliphatic hydroxyl groups is 1. The molecule has 1 aliphatic carbocycles. The minimum absolute atomic E-state index is 0.325. The first kappa shape index (κ1) is 13.7. The van der Waals surface area contributed by atoms with Gasteiger partial charge in [0.05, 0.1) is 16.1 Å². The van der Waals surface area contributed by atoms with E-state index >= 15 is 0 Å². The van der Waals surface area contributed by atoms with E-state index < -0.39 is 0 Å². The largest absolute Gasteiger partial charge is 0.489 e. The van der Waals surface area contributed by atoms with Crippen molar-refractivity contribution in [3.63, 3.8) is 0 Å². The summed E-state index contributed by atoms with van der Waals surface area (Å²) < 4.78 is 5.76. The molecule has 4 heteroatoms. The van der Waals surface area contributed by atoms with E-state index in [1.807, 2.05) is 24.3 Å². The Labute approximate surface area is 127 Å². The summed E-state index contributed by atoms with van der Waals surface area (Å²) in [5.41, 5.74) is 3.16. The third-order valence-electron chi connectivity index (χ3n) is 3.55. The molecular formula is C16H14Cl2O2. The first-order valence-corrected chi connectivity index (χ1v) is 7.26. The van der Waals surface area contributed by atoms with Crippen LogP contribution in [0.15, 0.2) is 36.4 Å². The zero-order valence-electron chi connectivity index (χ0n) is 10.8. The van der Waals surface area contributed by atoms with E-state index in [9.17, 15) is 5.11 Å². The molecule has 0 bridgehead atoms. The predicted molar refractivity (Wildman–Crippen MR) is 80.5 cm³/mol. The van der Waals surface area contributed by atoms with Crippen molar-refractivity contribution in [3.8, 4) is 5.75 Å². The molecule has 0 radical (unpaired) electrons. The number of halogens is 2. The highest BCUT2D eigenvalue weighted by atomic mass is 35.5. The number of fused-ring (bicyclic) bond motifs is 1. The molecule has 0 aromatic heterocycles. The van der Waals surface area contributed by atoms with Crippen LogP contribution in [0.4, 0.5) is 0 Å². The number of hydrogen-bond acceptors (Lipinski definition) is 2. The van der Waals surface area contributed by atoms with Gasteiger partial charge in [-0.3, -0.25) is 0 Å². The summed E-state index contributed by atoms with van der Waals surface area (Å²) in [6.45, 7) is 0.443. The molecule has 2 aromatic carbocycles. The molecule has 0 saturated heterocycles. The number of ether oxygens (including phenoxy) is 1. The second-order valence-electron chi connectivity index (χ2n) is 4.95. The summed E-state index contributed by atoms with van der Waals surface area (Å²) in [5.74, 6) is 0.809. The summed E-state index contributed by atoms with van der Waals surface area (Å²) in [5, 5.41) is 10.8. The van der Waals surface area contributed by atoms with Crippen LogP contribution in [0.3, 0.4) is 0 Å². The Hall–Kier alpha value is -1.22. The molecule has 0 saturated carbocycles. The molecular weight excluding hydrogens is 295 g/mol. The molecule has 0 spiro atoms. The van der Waals surface area contributed by atoms with E-state index in [0.717, 1.165) is 29.7 Å². The van der Waals surface area contributed by atoms with Gasteiger partial charge in [-0.25, -0.2) is 0 Å². The molecule has 0 heterocycles. The van der Waals surface area contributed by atoms with Crippen molar-refractivity contribution in [2.45, 2.75) is 25.6 Å². The minimum Gasteiger partial charge on any atom is -0.489 e. The highest BCUT2D eigenvalue weighted by Gasteiger charge is 2.20. The molecule has 1 N–H and O–H groups in total. The summed E-state index contributed by atoms with van der Waals surface area (Å²) in [6.07, 6.45) is 1.38. The fourth-order valence-electron chi connectivity index (χ4n) is 2.46. The van der Waals surface area contributed by atoms with Gasteiger partial charge in [0, 0.05) is 0 Å². The van der Waals surface area contributed by atoms with Crippen molar-refractivity contribution >= 4 is 23.2 Å². The monoisotopic (exact) mass is 308 g/mol. The van der Waals surface area contributed by atoms with Gasteiger partial charge < -0.3 is 9.84 Å². The van der Waals surface area contributed by atoms with Crippen molar-refractivity contribution in [1.29, 1.82) is 0 Å². The van der Waals surface area contributed by atoms with Crippen molar-refractivity contribution in [2.75, 3.05) is 0 Å². The van der Waals surface area contributed by atoms with Gasteiger partial charge >= 0.3 is 0 Å². The number of benzene rings is 2. The second kappa shape index (κ2) is 5.65. The predicted octanol–water partition coefficient (Wildman–Crippen LogP) is 4.55. The van der Waals surface area contributed by atoms with Gasteiger partial charge in [-0.1, -0.05) is 35.3 Å². The van der Waals surface area contributed by atoms with Crippen LogP contribution >= 0.6 is 23.2 Å². The lowest BCUT2D eigenvalue weighted by Gasteiger charge is -2.09. The third-order valence-corrected chi connectivity index (χ3v) is 4.29. The summed E-state index contributed by atoms with van der Waals surface area (Å²) in [6, 6.07) is 11.3. The average molecular weight is 309 g/mol. The molecule has 0 aliphatic heterocycles. The Kier molecular flexibility index (Phi) is 3.88. The van der Waals surface area contributed by atoms with Gasteiger partial charge in [-0.2, -0.15) is 0 Å². The van der Waals surface area contributed by atoms with Crippen LogP contribution in [0, 0.1) is 0 Å². The van der Waals surface area contributed by atoms with E-state index in [4.69, 9.17) is 27.9 Å². The molecule has 20 heavy (non-hydrogen) atoms. The van der Waals surface area contributed by atoms with Crippen LogP contribution < -0.4 is 4.74 Å². The Morgan fingerprint density at radius 1 is 1.10 bits per heavy atom. The van der Waals surface area contributed by atoms with Crippen molar-refractivity contribution < 1.29 is 9.84 Å². The molecule has 1 atom stereocenters. The van der Waals surface area contributed by atoms with Crippen LogP contribution in [0.25, 0.3) is 0 Å². The molecule has 3 rings (SSSR count). The van der Waals surface area contributed by atoms with E-state index in [1.54, 1.807) is 12.1 Å². The fraction of sp³-hybridized carbons (Fsp3) is 0.250. The van der Waals surface area contributed by atoms with Gasteiger partial charge in [0.15, 0.2) is 0 Å². The summed E-state index contributed by atoms with van der Waals surface area (Å²) in [7, 11) is 0. The van der Waals surface area contributed by atoms with E-state index in [2.05, 4.69) is 0 Å². The van der Waals surface area contributed by atoms with Gasteiger partial charge in [0.1, 0.15) is 12.4 Å². The van der Waals surface area contributed by atoms with Crippen LogP contribution in [-0.4, -0.2) is 5.11 Å². The van der Waals surface area contributed by atoms with Crippen LogP contribution in [0.2, 0.25) is 10.0 Å². The van der Waals surface area contributed by atoms with Crippen molar-refractivity contribution in [2.24, 2.45) is 0 Å². The normalized spacial score (nSPS) is 17.1. The van der Waals surface area contributed by atoms with E-state index in [1.165, 1.54) is 5.56 Å². The van der Waals surface area contributed by atoms with Crippen molar-refractivity contribution in [3.05, 3.63) is 63.1 Å². The lowest BCUT2D eigenvalue weighted by atomic mass is 10.1. The molecule has 2 nitrogen and oxygen atoms in total. The molecule has 0 amide bonds. The lowest BCUT2D eigenvalue weighted by molar-refractivity contribution is 0.180. The molecule has 2 aromatic rings. The number of rotatable bonds is 3. The zero-order valence-corrected chi connectivity index (χ0v) is 12.3. The maximum absolute atomic E-state index is 9.77. The standard InChI is InChI=1S/C16H14Cl2O2/c17-14-5-1-10(7-15(14)18)9-20-12-3-4-13-11(8-12)2-6-16(13)19/h1,3-5,7-8,16,19H,2,6,9H2/t16-/m1/s1. The van der Waals surface area contributed by atoms with Crippen LogP contribution in [0.1, 0.15) is 29.2 Å². The number of aryl methyl sites for hydroxylation is 1. The lowest BCUT2D eigenvalue weighted by Crippen LogP contribution is -1.97. The third kappa shape index (κ3) is 2.78. The Morgan fingerprint density at radius 3 is 2.75 bits per heavy atom. The van der Waals surface area contributed by atoms with Gasteiger partial charge in [-0.05, 0) is 53.8 Å². The maximum Gasteiger partial charge on any atom is 0.120 e. The SMILES string of the molecule is O[C@@H]1CCc2cc(OCc3ccc(Cl)c(Cl)c3)ccc21. The van der Waals surface area contributed by atoms with Crippen LogP contribution in [0.5, 0.6) is 5.75 Å². The summed E-state index contributed by atoms with van der Waals surface area (Å²) in [4.78, 5) is 0.